The van der Waals surface area contributed by atoms with Crippen molar-refractivity contribution in [1.29, 1.82) is 0 Å². The summed E-state index contributed by atoms with van der Waals surface area (Å²) < 4.78 is 2.32. The molecule has 1 rings (SSSR count). The van der Waals surface area contributed by atoms with E-state index in [2.05, 4.69) is 85.6 Å². The molecular formula is C9H5I3S. The van der Waals surface area contributed by atoms with Gasteiger partial charge in [-0.25, -0.2) is 0 Å². The lowest BCUT2D eigenvalue weighted by atomic mass is 10.4. The van der Waals surface area contributed by atoms with E-state index < -0.39 is 0 Å². The first-order chi connectivity index (χ1) is 6.18. The van der Waals surface area contributed by atoms with Gasteiger partial charge >= 0.3 is 0 Å². The molecule has 0 aromatic heterocycles. The van der Waals surface area contributed by atoms with Crippen LogP contribution in [0, 0.1) is 0 Å². The van der Waals surface area contributed by atoms with E-state index in [0.717, 1.165) is 1.59 Å². The SMILES string of the molecule is IC(I)=C=C(I)Sc1ccccc1. The van der Waals surface area contributed by atoms with Crippen LogP contribution in [-0.2, 0) is 0 Å². The summed E-state index contributed by atoms with van der Waals surface area (Å²) in [5.74, 6) is 0. The van der Waals surface area contributed by atoms with Crippen molar-refractivity contribution < 1.29 is 0 Å². The molecule has 0 spiro atoms. The third-order valence-electron chi connectivity index (χ3n) is 1.14. The predicted octanol–water partition coefficient (Wildman–Crippen LogP) is 5.37. The maximum atomic E-state index is 3.25. The lowest BCUT2D eigenvalue weighted by molar-refractivity contribution is 1.47. The van der Waals surface area contributed by atoms with Gasteiger partial charge in [-0.3, -0.25) is 0 Å². The zero-order chi connectivity index (χ0) is 9.68. The summed E-state index contributed by atoms with van der Waals surface area (Å²) in [6.45, 7) is 0. The van der Waals surface area contributed by atoms with Crippen molar-refractivity contribution in [3.05, 3.63) is 40.6 Å². The first-order valence-corrected chi connectivity index (χ1v) is 7.44. The van der Waals surface area contributed by atoms with Gasteiger partial charge in [0.15, 0.2) is 0 Å². The number of halogens is 3. The highest BCUT2D eigenvalue weighted by molar-refractivity contribution is 14.2. The molecule has 0 atom stereocenters. The molecule has 0 saturated heterocycles. The minimum Gasteiger partial charge on any atom is -0.0777 e. The molecule has 13 heavy (non-hydrogen) atoms. The molecule has 0 aliphatic rings. The maximum absolute atomic E-state index is 3.25. The molecule has 4 heteroatoms. The van der Waals surface area contributed by atoms with Gasteiger partial charge in [0.1, 0.15) is 0 Å². The van der Waals surface area contributed by atoms with Crippen LogP contribution in [-0.4, -0.2) is 0 Å². The first kappa shape index (κ1) is 12.4. The monoisotopic (exact) mass is 526 g/mol. The quantitative estimate of drug-likeness (QED) is 0.284. The number of hydrogen-bond donors (Lipinski definition) is 0. The highest BCUT2D eigenvalue weighted by atomic mass is 127. The highest BCUT2D eigenvalue weighted by Gasteiger charge is 1.94. The van der Waals surface area contributed by atoms with E-state index in [1.807, 2.05) is 18.2 Å². The second kappa shape index (κ2) is 6.71. The van der Waals surface area contributed by atoms with E-state index in [0.29, 0.717) is 0 Å². The first-order valence-electron chi connectivity index (χ1n) is 3.39. The Hall–Kier alpha value is 1.28. The van der Waals surface area contributed by atoms with Crippen LogP contribution in [0.1, 0.15) is 0 Å². The molecule has 0 aliphatic carbocycles. The predicted molar refractivity (Wildman–Crippen MR) is 84.9 cm³/mol. The third kappa shape index (κ3) is 5.66. The Morgan fingerprint density at radius 3 is 2.23 bits per heavy atom. The van der Waals surface area contributed by atoms with Gasteiger partial charge in [0, 0.05) is 4.90 Å². The van der Waals surface area contributed by atoms with Crippen LogP contribution in [0.15, 0.2) is 45.5 Å². The van der Waals surface area contributed by atoms with Gasteiger partial charge in [0.2, 0.25) is 0 Å². The van der Waals surface area contributed by atoms with Crippen LogP contribution in [0.3, 0.4) is 0 Å². The van der Waals surface area contributed by atoms with E-state index in [1.54, 1.807) is 11.8 Å². The van der Waals surface area contributed by atoms with Crippen molar-refractivity contribution >= 4 is 79.5 Å². The normalized spacial score (nSPS) is 9.15. The van der Waals surface area contributed by atoms with Crippen LogP contribution < -0.4 is 0 Å². The van der Waals surface area contributed by atoms with Gasteiger partial charge in [-0.2, -0.15) is 0 Å². The molecule has 0 radical (unpaired) electrons. The smallest absolute Gasteiger partial charge is 0.0777 e. The summed E-state index contributed by atoms with van der Waals surface area (Å²) in [6, 6.07) is 10.3. The average Bonchev–Trinajstić information content (AvgIpc) is 2.04. The third-order valence-corrected chi connectivity index (χ3v) is 3.40. The van der Waals surface area contributed by atoms with Crippen molar-refractivity contribution in [2.24, 2.45) is 0 Å². The molecular weight excluding hydrogens is 521 g/mol. The summed E-state index contributed by atoms with van der Waals surface area (Å²) in [5, 5.41) is 0. The summed E-state index contributed by atoms with van der Waals surface area (Å²) in [5.41, 5.74) is 3.25. The second-order valence-electron chi connectivity index (χ2n) is 2.07. The summed E-state index contributed by atoms with van der Waals surface area (Å²) >= 11 is 8.54. The minimum atomic E-state index is 1.16. The van der Waals surface area contributed by atoms with E-state index in [1.165, 1.54) is 7.81 Å². The van der Waals surface area contributed by atoms with E-state index in [-0.39, 0.29) is 0 Å². The molecule has 0 nitrogen and oxygen atoms in total. The molecule has 0 amide bonds. The van der Waals surface area contributed by atoms with Gasteiger partial charge < -0.3 is 0 Å². The topological polar surface area (TPSA) is 0 Å². The van der Waals surface area contributed by atoms with Crippen LogP contribution in [0.25, 0.3) is 0 Å². The lowest BCUT2D eigenvalue weighted by Crippen LogP contribution is -1.66. The summed E-state index contributed by atoms with van der Waals surface area (Å²) in [4.78, 5) is 1.26. The fourth-order valence-corrected chi connectivity index (χ4v) is 4.31. The van der Waals surface area contributed by atoms with Crippen molar-refractivity contribution in [3.8, 4) is 0 Å². The van der Waals surface area contributed by atoms with Crippen LogP contribution in [0.2, 0.25) is 0 Å². The Bertz CT molecular complexity index is 335. The molecule has 0 heterocycles. The van der Waals surface area contributed by atoms with E-state index in [4.69, 9.17) is 0 Å². The maximum Gasteiger partial charge on any atom is 0.0946 e. The van der Waals surface area contributed by atoms with Crippen molar-refractivity contribution in [2.75, 3.05) is 0 Å². The van der Waals surface area contributed by atoms with E-state index >= 15 is 0 Å². The Kier molecular flexibility index (Phi) is 6.37. The molecule has 0 aliphatic heterocycles. The van der Waals surface area contributed by atoms with E-state index in [9.17, 15) is 0 Å². The fourth-order valence-electron chi connectivity index (χ4n) is 0.692. The molecule has 68 valence electrons. The molecule has 1 aromatic carbocycles. The highest BCUT2D eigenvalue weighted by Crippen LogP contribution is 2.31. The van der Waals surface area contributed by atoms with Crippen molar-refractivity contribution in [3.63, 3.8) is 0 Å². The van der Waals surface area contributed by atoms with Gasteiger partial charge in [0.05, 0.1) is 4.50 Å². The van der Waals surface area contributed by atoms with Gasteiger partial charge in [-0.1, -0.05) is 35.7 Å². The fraction of sp³-hybridized carbons (Fsp3) is 0. The number of benzene rings is 1. The number of rotatable bonds is 2. The van der Waals surface area contributed by atoms with Gasteiger partial charge in [-0.05, 0) is 79.9 Å². The van der Waals surface area contributed by atoms with Crippen molar-refractivity contribution in [1.82, 2.24) is 0 Å². The lowest BCUT2D eigenvalue weighted by Gasteiger charge is -1.95. The zero-order valence-electron chi connectivity index (χ0n) is 6.43. The van der Waals surface area contributed by atoms with Crippen LogP contribution in [0.4, 0.5) is 0 Å². The number of thioether (sulfide) groups is 1. The molecule has 0 saturated carbocycles. The van der Waals surface area contributed by atoms with Crippen LogP contribution >= 0.6 is 79.5 Å². The zero-order valence-corrected chi connectivity index (χ0v) is 13.7. The van der Waals surface area contributed by atoms with Crippen LogP contribution in [0.5, 0.6) is 0 Å². The standard InChI is InChI=1S/C9H5I3S/c10-8(11)6-9(12)13-7-4-2-1-3-5-7/h1-5H. The largest absolute Gasteiger partial charge is 0.0946 e. The summed E-state index contributed by atoms with van der Waals surface area (Å²) in [7, 11) is 0. The Morgan fingerprint density at radius 2 is 1.69 bits per heavy atom. The molecule has 0 N–H and O–H groups in total. The van der Waals surface area contributed by atoms with Gasteiger partial charge in [0.25, 0.3) is 0 Å². The summed E-state index contributed by atoms with van der Waals surface area (Å²) in [6.07, 6.45) is 0. The molecule has 1 aromatic rings. The minimum absolute atomic E-state index is 1.16. The molecule has 0 bridgehead atoms. The Balaban J connectivity index is 2.77. The molecule has 0 unspecified atom stereocenters. The average molecular weight is 526 g/mol. The van der Waals surface area contributed by atoms with Crippen molar-refractivity contribution in [2.45, 2.75) is 4.90 Å². The number of hydrogen-bond acceptors (Lipinski definition) is 1. The Labute approximate surface area is 123 Å². The molecule has 0 fully saturated rings. The second-order valence-corrected chi connectivity index (χ2v) is 9.19. The Morgan fingerprint density at radius 1 is 1.08 bits per heavy atom. The van der Waals surface area contributed by atoms with Gasteiger partial charge in [-0.15, -0.1) is 0 Å².